The molecule has 1 aliphatic carbocycles. The number of sulfonamides is 1. The summed E-state index contributed by atoms with van der Waals surface area (Å²) in [7, 11) is -1.66. The van der Waals surface area contributed by atoms with Crippen molar-refractivity contribution < 1.29 is 8.42 Å². The number of nitrogens with two attached hydrogens (primary N) is 1. The molecule has 4 nitrogen and oxygen atoms in total. The average molecular weight is 274 g/mol. The topological polar surface area (TPSA) is 63.4 Å². The lowest BCUT2D eigenvalue weighted by atomic mass is 10.3. The predicted molar refractivity (Wildman–Crippen MR) is 69.3 cm³/mol. The maximum absolute atomic E-state index is 12.2. The Bertz CT molecular complexity index is 495. The van der Waals surface area contributed by atoms with E-state index in [0.717, 1.165) is 11.3 Å². The van der Waals surface area contributed by atoms with Gasteiger partial charge in [0.1, 0.15) is 4.21 Å². The van der Waals surface area contributed by atoms with Gasteiger partial charge in [-0.1, -0.05) is 6.92 Å². The molecule has 0 spiro atoms. The second-order valence-corrected chi connectivity index (χ2v) is 8.12. The molecule has 96 valence electrons. The van der Waals surface area contributed by atoms with Gasteiger partial charge >= 0.3 is 0 Å². The summed E-state index contributed by atoms with van der Waals surface area (Å²) in [6, 6.07) is 3.43. The largest absolute Gasteiger partial charge is 0.326 e. The fourth-order valence-corrected chi connectivity index (χ4v) is 4.51. The van der Waals surface area contributed by atoms with Gasteiger partial charge in [-0.05, 0) is 30.4 Å². The normalized spacial score (nSPS) is 24.2. The van der Waals surface area contributed by atoms with Gasteiger partial charge in [-0.25, -0.2) is 8.42 Å². The summed E-state index contributed by atoms with van der Waals surface area (Å²) in [6.07, 6.45) is 1.14. The third-order valence-electron chi connectivity index (χ3n) is 3.27. The molecule has 2 atom stereocenters. The third-order valence-corrected chi connectivity index (χ3v) is 6.67. The van der Waals surface area contributed by atoms with Crippen LogP contribution in [-0.4, -0.2) is 26.3 Å². The van der Waals surface area contributed by atoms with Crippen LogP contribution in [0.2, 0.25) is 0 Å². The number of nitrogens with zero attached hydrogens (tertiary/aromatic N) is 1. The van der Waals surface area contributed by atoms with Gasteiger partial charge in [-0.3, -0.25) is 0 Å². The van der Waals surface area contributed by atoms with E-state index in [4.69, 9.17) is 5.73 Å². The molecule has 2 unspecified atom stereocenters. The summed E-state index contributed by atoms with van der Waals surface area (Å²) >= 11 is 1.26. The van der Waals surface area contributed by atoms with Gasteiger partial charge in [0.2, 0.25) is 0 Å². The Balaban J connectivity index is 2.11. The van der Waals surface area contributed by atoms with Crippen LogP contribution in [0.15, 0.2) is 16.3 Å². The Hall–Kier alpha value is -0.430. The first-order chi connectivity index (χ1) is 7.95. The fraction of sp³-hybridized carbons (Fsp3) is 0.636. The number of thiophene rings is 1. The first-order valence-electron chi connectivity index (χ1n) is 5.70. The quantitative estimate of drug-likeness (QED) is 0.884. The number of rotatable bonds is 5. The van der Waals surface area contributed by atoms with E-state index >= 15 is 0 Å². The first kappa shape index (κ1) is 13.0. The lowest BCUT2D eigenvalue weighted by Gasteiger charge is -2.15. The molecule has 1 aromatic rings. The molecule has 6 heteroatoms. The predicted octanol–water partition coefficient (Wildman–Crippen LogP) is 1.48. The minimum atomic E-state index is -3.31. The molecule has 0 saturated heterocycles. The van der Waals surface area contributed by atoms with Crippen LogP contribution in [0, 0.1) is 11.8 Å². The Morgan fingerprint density at radius 1 is 1.53 bits per heavy atom. The van der Waals surface area contributed by atoms with Crippen LogP contribution in [0.4, 0.5) is 0 Å². The molecule has 0 aliphatic heterocycles. The molecule has 2 rings (SSSR count). The summed E-state index contributed by atoms with van der Waals surface area (Å²) in [5, 5.41) is 0. The first-order valence-corrected chi connectivity index (χ1v) is 7.96. The molecule has 0 bridgehead atoms. The van der Waals surface area contributed by atoms with Crippen molar-refractivity contribution in [3.63, 3.8) is 0 Å². The van der Waals surface area contributed by atoms with E-state index in [0.29, 0.717) is 29.1 Å². The van der Waals surface area contributed by atoms with Crippen LogP contribution in [0.3, 0.4) is 0 Å². The molecule has 0 aromatic carbocycles. The van der Waals surface area contributed by atoms with Crippen molar-refractivity contribution >= 4 is 21.4 Å². The number of hydrogen-bond acceptors (Lipinski definition) is 4. The highest BCUT2D eigenvalue weighted by Gasteiger charge is 2.36. The summed E-state index contributed by atoms with van der Waals surface area (Å²) in [5.41, 5.74) is 5.49. The second kappa shape index (κ2) is 4.68. The molecule has 1 fully saturated rings. The minimum absolute atomic E-state index is 0.392. The zero-order chi connectivity index (χ0) is 12.6. The lowest BCUT2D eigenvalue weighted by molar-refractivity contribution is 0.446. The molecular formula is C11H18N2O2S2. The molecular weight excluding hydrogens is 256 g/mol. The van der Waals surface area contributed by atoms with Crippen LogP contribution >= 0.6 is 11.3 Å². The maximum atomic E-state index is 12.2. The van der Waals surface area contributed by atoms with Gasteiger partial charge in [0.25, 0.3) is 10.0 Å². The monoisotopic (exact) mass is 274 g/mol. The van der Waals surface area contributed by atoms with Crippen molar-refractivity contribution in [3.05, 3.63) is 17.0 Å². The third kappa shape index (κ3) is 2.70. The lowest BCUT2D eigenvalue weighted by Crippen LogP contribution is -2.28. The van der Waals surface area contributed by atoms with Crippen molar-refractivity contribution in [2.24, 2.45) is 17.6 Å². The van der Waals surface area contributed by atoms with Gasteiger partial charge in [-0.2, -0.15) is 4.31 Å². The van der Waals surface area contributed by atoms with Crippen molar-refractivity contribution in [2.45, 2.75) is 24.1 Å². The van der Waals surface area contributed by atoms with Gasteiger partial charge in [0.05, 0.1) is 0 Å². The van der Waals surface area contributed by atoms with Crippen LogP contribution in [0.1, 0.15) is 18.2 Å². The van der Waals surface area contributed by atoms with E-state index in [2.05, 4.69) is 6.92 Å². The summed E-state index contributed by atoms with van der Waals surface area (Å²) in [4.78, 5) is 0.900. The molecule has 1 saturated carbocycles. The van der Waals surface area contributed by atoms with Crippen molar-refractivity contribution in [3.8, 4) is 0 Å². The Kier molecular flexibility index (Phi) is 3.58. The minimum Gasteiger partial charge on any atom is -0.326 e. The highest BCUT2D eigenvalue weighted by Crippen LogP contribution is 2.39. The summed E-state index contributed by atoms with van der Waals surface area (Å²) in [5.74, 6) is 1.19. The standard InChI is InChI=1S/C11H18N2O2S2/c1-8-5-9(8)7-13(2)17(14,15)11-4-3-10(6-12)16-11/h3-4,8-9H,5-7,12H2,1-2H3. The van der Waals surface area contributed by atoms with Crippen LogP contribution in [0.5, 0.6) is 0 Å². The average Bonchev–Trinajstić information content (AvgIpc) is 2.83. The highest BCUT2D eigenvalue weighted by molar-refractivity contribution is 7.91. The van der Waals surface area contributed by atoms with Crippen molar-refractivity contribution in [1.29, 1.82) is 0 Å². The SMILES string of the molecule is CC1CC1CN(C)S(=O)(=O)c1ccc(CN)s1. The van der Waals surface area contributed by atoms with Gasteiger partial charge in [0.15, 0.2) is 0 Å². The molecule has 17 heavy (non-hydrogen) atoms. The number of hydrogen-bond donors (Lipinski definition) is 1. The highest BCUT2D eigenvalue weighted by atomic mass is 32.2. The molecule has 0 radical (unpaired) electrons. The van der Waals surface area contributed by atoms with Crippen LogP contribution in [0.25, 0.3) is 0 Å². The molecule has 2 N–H and O–H groups in total. The van der Waals surface area contributed by atoms with E-state index in [1.165, 1.54) is 15.6 Å². The second-order valence-electron chi connectivity index (χ2n) is 4.68. The van der Waals surface area contributed by atoms with E-state index in [1.807, 2.05) is 0 Å². The fourth-order valence-electron chi connectivity index (χ4n) is 1.84. The van der Waals surface area contributed by atoms with Gasteiger partial charge in [0, 0.05) is 25.0 Å². The van der Waals surface area contributed by atoms with E-state index < -0.39 is 10.0 Å². The van der Waals surface area contributed by atoms with E-state index in [9.17, 15) is 8.42 Å². The molecule has 0 amide bonds. The van der Waals surface area contributed by atoms with E-state index in [1.54, 1.807) is 19.2 Å². The van der Waals surface area contributed by atoms with Crippen LogP contribution < -0.4 is 5.73 Å². The Morgan fingerprint density at radius 2 is 2.18 bits per heavy atom. The van der Waals surface area contributed by atoms with Crippen molar-refractivity contribution in [1.82, 2.24) is 4.31 Å². The zero-order valence-electron chi connectivity index (χ0n) is 10.1. The van der Waals surface area contributed by atoms with Crippen molar-refractivity contribution in [2.75, 3.05) is 13.6 Å². The smallest absolute Gasteiger partial charge is 0.252 e. The van der Waals surface area contributed by atoms with Gasteiger partial charge in [-0.15, -0.1) is 11.3 Å². The van der Waals surface area contributed by atoms with Crippen LogP contribution in [-0.2, 0) is 16.6 Å². The molecule has 1 heterocycles. The van der Waals surface area contributed by atoms with Gasteiger partial charge < -0.3 is 5.73 Å². The Labute approximate surface area is 106 Å². The molecule has 1 aromatic heterocycles. The molecule has 1 aliphatic rings. The zero-order valence-corrected chi connectivity index (χ0v) is 11.7. The Morgan fingerprint density at radius 3 is 2.65 bits per heavy atom. The maximum Gasteiger partial charge on any atom is 0.252 e. The van der Waals surface area contributed by atoms with E-state index in [-0.39, 0.29) is 0 Å². The summed E-state index contributed by atoms with van der Waals surface area (Å²) in [6.45, 7) is 3.17. The summed E-state index contributed by atoms with van der Waals surface area (Å²) < 4.78 is 26.3.